The molecule has 1 aliphatic rings. The number of primary amides is 1. The maximum atomic E-state index is 11.8. The highest BCUT2D eigenvalue weighted by Crippen LogP contribution is 2.23. The molecule has 1 aromatic rings. The van der Waals surface area contributed by atoms with E-state index in [0.29, 0.717) is 0 Å². The summed E-state index contributed by atoms with van der Waals surface area (Å²) >= 11 is 0. The topological polar surface area (TPSA) is 72.4 Å². The number of para-hydroxylation sites is 1. The molecule has 0 spiro atoms. The van der Waals surface area contributed by atoms with E-state index in [1.807, 2.05) is 30.3 Å². The molecular weight excluding hydrogens is 238 g/mol. The van der Waals surface area contributed by atoms with Crippen LogP contribution in [0.3, 0.4) is 0 Å². The van der Waals surface area contributed by atoms with E-state index >= 15 is 0 Å². The van der Waals surface area contributed by atoms with Gasteiger partial charge in [0.05, 0.1) is 6.04 Å². The lowest BCUT2D eigenvalue weighted by molar-refractivity contribution is 0.249. The minimum atomic E-state index is -0.434. The van der Waals surface area contributed by atoms with Gasteiger partial charge in [-0.1, -0.05) is 30.4 Å². The summed E-state index contributed by atoms with van der Waals surface area (Å²) in [4.78, 5) is 13.5. The van der Waals surface area contributed by atoms with Crippen LogP contribution in [0, 0.1) is 0 Å². The van der Waals surface area contributed by atoms with Crippen LogP contribution in [-0.4, -0.2) is 18.1 Å². The van der Waals surface area contributed by atoms with Crippen molar-refractivity contribution >= 4 is 11.7 Å². The van der Waals surface area contributed by atoms with Crippen LogP contribution in [0.5, 0.6) is 0 Å². The number of amides is 2. The Morgan fingerprint density at radius 1 is 1.11 bits per heavy atom. The minimum Gasteiger partial charge on any atom is -0.351 e. The third kappa shape index (κ3) is 3.35. The molecule has 2 unspecified atom stereocenters. The molecule has 2 atom stereocenters. The lowest BCUT2D eigenvalue weighted by Crippen LogP contribution is -2.52. The smallest absolute Gasteiger partial charge is 0.319 e. The number of nitrogens with zero attached hydrogens (tertiary/aromatic N) is 1. The molecule has 0 heterocycles. The number of rotatable bonds is 2. The van der Waals surface area contributed by atoms with Gasteiger partial charge < -0.3 is 11.5 Å². The van der Waals surface area contributed by atoms with E-state index in [2.05, 4.69) is 12.2 Å². The van der Waals surface area contributed by atoms with Crippen LogP contribution in [0.25, 0.3) is 0 Å². The summed E-state index contributed by atoms with van der Waals surface area (Å²) in [5.41, 5.74) is 12.6. The van der Waals surface area contributed by atoms with E-state index < -0.39 is 6.03 Å². The van der Waals surface area contributed by atoms with Crippen molar-refractivity contribution in [2.75, 3.05) is 4.90 Å². The molecule has 0 bridgehead atoms. The van der Waals surface area contributed by atoms with Gasteiger partial charge in [0.2, 0.25) is 0 Å². The van der Waals surface area contributed by atoms with Crippen LogP contribution in [0.15, 0.2) is 42.5 Å². The first-order valence-electron chi connectivity index (χ1n) is 6.74. The lowest BCUT2D eigenvalue weighted by atomic mass is 9.94. The fraction of sp³-hybridized carbons (Fsp3) is 0.400. The number of carbonyl (C=O) groups is 1. The van der Waals surface area contributed by atoms with Crippen molar-refractivity contribution in [1.29, 1.82) is 0 Å². The van der Waals surface area contributed by atoms with Crippen LogP contribution in [0.1, 0.15) is 25.7 Å². The fourth-order valence-electron chi connectivity index (χ4n) is 2.59. The van der Waals surface area contributed by atoms with Crippen molar-refractivity contribution in [3.63, 3.8) is 0 Å². The second kappa shape index (κ2) is 6.38. The van der Waals surface area contributed by atoms with Crippen LogP contribution < -0.4 is 16.4 Å². The first-order valence-corrected chi connectivity index (χ1v) is 6.74. The molecule has 0 radical (unpaired) electrons. The zero-order chi connectivity index (χ0) is 13.7. The number of allylic oxidation sites excluding steroid dienone is 2. The van der Waals surface area contributed by atoms with Gasteiger partial charge in [0.1, 0.15) is 0 Å². The molecule has 102 valence electrons. The van der Waals surface area contributed by atoms with Gasteiger partial charge in [-0.05, 0) is 37.8 Å². The zero-order valence-corrected chi connectivity index (χ0v) is 11.0. The number of carbonyl (C=O) groups excluding carboxylic acids is 1. The average Bonchev–Trinajstić information content (AvgIpc) is 2.39. The number of hydrogen-bond donors (Lipinski definition) is 2. The average molecular weight is 259 g/mol. The molecule has 0 fully saturated rings. The Bertz CT molecular complexity index is 444. The Morgan fingerprint density at radius 3 is 2.37 bits per heavy atom. The van der Waals surface area contributed by atoms with E-state index in [0.717, 1.165) is 31.4 Å². The molecule has 19 heavy (non-hydrogen) atoms. The molecule has 2 amide bonds. The van der Waals surface area contributed by atoms with Crippen LogP contribution in [-0.2, 0) is 0 Å². The molecule has 4 N–H and O–H groups in total. The lowest BCUT2D eigenvalue weighted by Gasteiger charge is -2.35. The molecule has 0 aliphatic heterocycles. The summed E-state index contributed by atoms with van der Waals surface area (Å²) in [5, 5.41) is 0. The number of nitrogens with two attached hydrogens (primary N) is 2. The van der Waals surface area contributed by atoms with Gasteiger partial charge in [0, 0.05) is 11.7 Å². The second-order valence-corrected chi connectivity index (χ2v) is 4.90. The highest BCUT2D eigenvalue weighted by molar-refractivity contribution is 5.91. The van der Waals surface area contributed by atoms with Gasteiger partial charge in [-0.25, -0.2) is 4.79 Å². The second-order valence-electron chi connectivity index (χ2n) is 4.90. The third-order valence-corrected chi connectivity index (χ3v) is 3.56. The Balaban J connectivity index is 2.27. The van der Waals surface area contributed by atoms with Crippen LogP contribution in [0.4, 0.5) is 10.5 Å². The summed E-state index contributed by atoms with van der Waals surface area (Å²) in [7, 11) is 0. The predicted molar refractivity (Wildman–Crippen MR) is 77.9 cm³/mol. The maximum Gasteiger partial charge on any atom is 0.319 e. The fourth-order valence-corrected chi connectivity index (χ4v) is 2.59. The Labute approximate surface area is 114 Å². The van der Waals surface area contributed by atoms with Crippen molar-refractivity contribution in [2.24, 2.45) is 11.5 Å². The first-order chi connectivity index (χ1) is 9.20. The Hall–Kier alpha value is -1.81. The number of anilines is 1. The van der Waals surface area contributed by atoms with Gasteiger partial charge in [-0.15, -0.1) is 0 Å². The van der Waals surface area contributed by atoms with Gasteiger partial charge in [-0.2, -0.15) is 0 Å². The molecule has 1 aliphatic carbocycles. The molecule has 0 saturated carbocycles. The van der Waals surface area contributed by atoms with Gasteiger partial charge in [-0.3, -0.25) is 4.90 Å². The molecule has 2 rings (SSSR count). The number of benzene rings is 1. The molecule has 4 nitrogen and oxygen atoms in total. The molecule has 4 heteroatoms. The van der Waals surface area contributed by atoms with Crippen LogP contribution >= 0.6 is 0 Å². The van der Waals surface area contributed by atoms with Crippen LogP contribution in [0.2, 0.25) is 0 Å². The standard InChI is InChI=1S/C15H21N3O/c16-13-10-6-1-2-7-11-14(13)18(15(17)19)12-8-4-3-5-9-12/h1-5,8-9,13-14H,6-7,10-11,16H2,(H2,17,19). The highest BCUT2D eigenvalue weighted by atomic mass is 16.2. The number of hydrogen-bond acceptors (Lipinski definition) is 2. The van der Waals surface area contributed by atoms with Crippen molar-refractivity contribution in [2.45, 2.75) is 37.8 Å². The SMILES string of the molecule is NC(=O)N(c1ccccc1)C1CCC=CCCC1N. The van der Waals surface area contributed by atoms with Crippen molar-refractivity contribution in [3.8, 4) is 0 Å². The minimum absolute atomic E-state index is 0.0372. The molecule has 0 aromatic heterocycles. The van der Waals surface area contributed by atoms with E-state index in [1.54, 1.807) is 4.90 Å². The quantitative estimate of drug-likeness (QED) is 0.800. The van der Waals surface area contributed by atoms with E-state index in [9.17, 15) is 4.79 Å². The van der Waals surface area contributed by atoms with Gasteiger partial charge in [0.15, 0.2) is 0 Å². The van der Waals surface area contributed by atoms with Gasteiger partial charge >= 0.3 is 6.03 Å². The Morgan fingerprint density at radius 2 is 1.74 bits per heavy atom. The highest BCUT2D eigenvalue weighted by Gasteiger charge is 2.28. The van der Waals surface area contributed by atoms with Crippen molar-refractivity contribution < 1.29 is 4.79 Å². The van der Waals surface area contributed by atoms with E-state index in [1.165, 1.54) is 0 Å². The summed E-state index contributed by atoms with van der Waals surface area (Å²) in [6, 6.07) is 9.00. The summed E-state index contributed by atoms with van der Waals surface area (Å²) < 4.78 is 0. The zero-order valence-electron chi connectivity index (χ0n) is 11.0. The van der Waals surface area contributed by atoms with E-state index in [-0.39, 0.29) is 12.1 Å². The summed E-state index contributed by atoms with van der Waals surface area (Å²) in [6.45, 7) is 0. The first kappa shape index (κ1) is 13.6. The monoisotopic (exact) mass is 259 g/mol. The Kier molecular flexibility index (Phi) is 4.58. The largest absolute Gasteiger partial charge is 0.351 e. The summed E-state index contributed by atoms with van der Waals surface area (Å²) in [6.07, 6.45) is 7.91. The van der Waals surface area contributed by atoms with Crippen molar-refractivity contribution in [1.82, 2.24) is 0 Å². The summed E-state index contributed by atoms with van der Waals surface area (Å²) in [5.74, 6) is 0. The predicted octanol–water partition coefficient (Wildman–Crippen LogP) is 2.40. The van der Waals surface area contributed by atoms with E-state index in [4.69, 9.17) is 11.5 Å². The molecular formula is C15H21N3O. The normalized spacial score (nSPS) is 23.4. The third-order valence-electron chi connectivity index (χ3n) is 3.56. The molecule has 0 saturated heterocycles. The maximum absolute atomic E-state index is 11.8. The molecule has 1 aromatic carbocycles. The number of urea groups is 1. The van der Waals surface area contributed by atoms with Crippen molar-refractivity contribution in [3.05, 3.63) is 42.5 Å². The van der Waals surface area contributed by atoms with Gasteiger partial charge in [0.25, 0.3) is 0 Å².